The van der Waals surface area contributed by atoms with Crippen LogP contribution in [0.3, 0.4) is 0 Å². The molecule has 0 spiro atoms. The van der Waals surface area contributed by atoms with Crippen LogP contribution in [0, 0.1) is 0 Å². The van der Waals surface area contributed by atoms with E-state index in [4.69, 9.17) is 10.5 Å². The second-order valence-corrected chi connectivity index (χ2v) is 12.6. The monoisotopic (exact) mass is 556 g/mol. The first-order valence-corrected chi connectivity index (χ1v) is 17.3. The number of likely N-dealkylation sites (tertiary alicyclic amines) is 1. The predicted molar refractivity (Wildman–Crippen MR) is 172 cm³/mol. The van der Waals surface area contributed by atoms with Gasteiger partial charge in [-0.3, -0.25) is 9.69 Å². The Morgan fingerprint density at radius 2 is 1.27 bits per heavy atom. The summed E-state index contributed by atoms with van der Waals surface area (Å²) in [4.78, 5) is 15.3. The van der Waals surface area contributed by atoms with Crippen molar-refractivity contribution in [2.75, 3.05) is 26.2 Å². The third-order valence-electron chi connectivity index (χ3n) is 9.21. The molecule has 2 rings (SSSR count). The Kier molecular flexibility index (Phi) is 19.4. The van der Waals surface area contributed by atoms with Crippen molar-refractivity contribution in [2.45, 2.75) is 160 Å². The lowest BCUT2D eigenvalue weighted by Crippen LogP contribution is -2.48. The van der Waals surface area contributed by atoms with E-state index >= 15 is 0 Å². The minimum Gasteiger partial charge on any atom is -0.461 e. The summed E-state index contributed by atoms with van der Waals surface area (Å²) in [7, 11) is 0. The van der Waals surface area contributed by atoms with E-state index < -0.39 is 0 Å². The third kappa shape index (κ3) is 14.5. The maximum absolute atomic E-state index is 12.8. The summed E-state index contributed by atoms with van der Waals surface area (Å²) in [6.07, 6.45) is 25.7. The first-order chi connectivity index (χ1) is 19.6. The van der Waals surface area contributed by atoms with Gasteiger partial charge < -0.3 is 10.5 Å². The number of ether oxygens (including phenoxy) is 1. The molecule has 40 heavy (non-hydrogen) atoms. The summed E-state index contributed by atoms with van der Waals surface area (Å²) in [6, 6.07) is 10.8. The normalized spacial score (nSPS) is 16.2. The molecular formula is C36H64N2O2. The number of hydrogen-bond acceptors (Lipinski definition) is 4. The molecule has 4 heteroatoms. The highest BCUT2D eigenvalue weighted by Gasteiger charge is 2.35. The van der Waals surface area contributed by atoms with Crippen molar-refractivity contribution in [2.24, 2.45) is 5.73 Å². The molecule has 1 aliphatic rings. The quantitative estimate of drug-likeness (QED) is 0.102. The number of nitrogens with two attached hydrogens (primary N) is 1. The van der Waals surface area contributed by atoms with Gasteiger partial charge in [0.15, 0.2) is 0 Å². The van der Waals surface area contributed by atoms with Gasteiger partial charge >= 0.3 is 5.97 Å². The molecule has 2 N–H and O–H groups in total. The van der Waals surface area contributed by atoms with Crippen molar-refractivity contribution in [3.8, 4) is 0 Å². The first kappa shape index (κ1) is 34.8. The molecule has 1 unspecified atom stereocenters. The summed E-state index contributed by atoms with van der Waals surface area (Å²) < 4.78 is 6.14. The number of nitrogens with zero attached hydrogens (tertiary/aromatic N) is 1. The Bertz CT molecular complexity index is 730. The molecule has 1 fully saturated rings. The van der Waals surface area contributed by atoms with E-state index in [1.165, 1.54) is 95.5 Å². The Morgan fingerprint density at radius 1 is 0.775 bits per heavy atom. The van der Waals surface area contributed by atoms with Gasteiger partial charge in [-0.2, -0.15) is 0 Å². The molecule has 1 aliphatic heterocycles. The van der Waals surface area contributed by atoms with E-state index in [0.29, 0.717) is 13.0 Å². The van der Waals surface area contributed by atoms with Crippen LogP contribution in [-0.2, 0) is 14.9 Å². The van der Waals surface area contributed by atoms with Crippen LogP contribution < -0.4 is 5.73 Å². The van der Waals surface area contributed by atoms with Gasteiger partial charge in [-0.05, 0) is 50.8 Å². The van der Waals surface area contributed by atoms with Gasteiger partial charge in [0.1, 0.15) is 6.10 Å². The topological polar surface area (TPSA) is 55.6 Å². The molecule has 1 saturated heterocycles. The molecule has 0 radical (unpaired) electrons. The van der Waals surface area contributed by atoms with E-state index in [-0.39, 0.29) is 17.5 Å². The molecule has 0 saturated carbocycles. The molecule has 1 heterocycles. The fraction of sp³-hybridized carbons (Fsp3) is 0.806. The van der Waals surface area contributed by atoms with E-state index in [2.05, 4.69) is 49.1 Å². The van der Waals surface area contributed by atoms with Crippen molar-refractivity contribution in [1.29, 1.82) is 0 Å². The number of rotatable bonds is 24. The number of benzene rings is 1. The Hall–Kier alpha value is -1.39. The number of piperidine rings is 1. The van der Waals surface area contributed by atoms with Gasteiger partial charge in [-0.1, -0.05) is 140 Å². The minimum atomic E-state index is 0.0169. The zero-order chi connectivity index (χ0) is 28.7. The molecule has 230 valence electrons. The van der Waals surface area contributed by atoms with Gasteiger partial charge in [0.2, 0.25) is 0 Å². The molecule has 0 aromatic heterocycles. The zero-order valence-electron chi connectivity index (χ0n) is 26.5. The number of carbonyl (C=O) groups is 1. The number of hydrogen-bond donors (Lipinski definition) is 1. The lowest BCUT2D eigenvalue weighted by molar-refractivity contribution is -0.150. The average Bonchev–Trinajstić information content (AvgIpc) is 2.98. The molecule has 4 nitrogen and oxygen atoms in total. The molecule has 1 aromatic carbocycles. The maximum atomic E-state index is 12.8. The zero-order valence-corrected chi connectivity index (χ0v) is 26.5. The van der Waals surface area contributed by atoms with Gasteiger partial charge in [0.25, 0.3) is 0 Å². The fourth-order valence-electron chi connectivity index (χ4n) is 6.37. The summed E-state index contributed by atoms with van der Waals surface area (Å²) in [5.74, 6) is 0.0169. The number of unbranched alkanes of at least 4 members (excludes halogenated alkanes) is 15. The van der Waals surface area contributed by atoms with Crippen LogP contribution in [-0.4, -0.2) is 43.2 Å². The van der Waals surface area contributed by atoms with Crippen molar-refractivity contribution in [1.82, 2.24) is 4.90 Å². The second-order valence-electron chi connectivity index (χ2n) is 12.6. The van der Waals surface area contributed by atoms with Crippen LogP contribution in [0.4, 0.5) is 0 Å². The number of esters is 1. The van der Waals surface area contributed by atoms with E-state index in [9.17, 15) is 4.79 Å². The minimum absolute atomic E-state index is 0.0169. The van der Waals surface area contributed by atoms with Gasteiger partial charge in [0, 0.05) is 24.9 Å². The van der Waals surface area contributed by atoms with Crippen molar-refractivity contribution in [3.05, 3.63) is 35.9 Å². The lowest BCUT2D eigenvalue weighted by atomic mass is 9.73. The van der Waals surface area contributed by atoms with E-state index in [1.54, 1.807) is 0 Å². The van der Waals surface area contributed by atoms with Crippen LogP contribution in [0.15, 0.2) is 30.3 Å². The van der Waals surface area contributed by atoms with Crippen LogP contribution >= 0.6 is 0 Å². The van der Waals surface area contributed by atoms with Crippen molar-refractivity contribution >= 4 is 5.97 Å². The summed E-state index contributed by atoms with van der Waals surface area (Å²) in [5.41, 5.74) is 7.79. The van der Waals surface area contributed by atoms with Crippen LogP contribution in [0.5, 0.6) is 0 Å². The largest absolute Gasteiger partial charge is 0.461 e. The highest BCUT2D eigenvalue weighted by Crippen LogP contribution is 2.34. The maximum Gasteiger partial charge on any atom is 0.306 e. The molecule has 0 bridgehead atoms. The lowest BCUT2D eigenvalue weighted by Gasteiger charge is -2.42. The van der Waals surface area contributed by atoms with Crippen LogP contribution in [0.1, 0.15) is 154 Å². The van der Waals surface area contributed by atoms with Crippen LogP contribution in [0.25, 0.3) is 0 Å². The Balaban J connectivity index is 1.76. The van der Waals surface area contributed by atoms with E-state index in [1.807, 2.05) is 0 Å². The fourth-order valence-corrected chi connectivity index (χ4v) is 6.37. The molecule has 0 amide bonds. The predicted octanol–water partition coefficient (Wildman–Crippen LogP) is 9.34. The summed E-state index contributed by atoms with van der Waals surface area (Å²) >= 11 is 0. The second kappa shape index (κ2) is 22.2. The molecule has 1 atom stereocenters. The van der Waals surface area contributed by atoms with Gasteiger partial charge in [0.05, 0.1) is 0 Å². The SMILES string of the molecule is CCCCCCCCCCCCC(CN1CCC(CN)(c2ccccc2)CC1)OC(=O)CCCCCCCCC. The molecule has 1 aromatic rings. The highest BCUT2D eigenvalue weighted by molar-refractivity contribution is 5.69. The molecular weight excluding hydrogens is 492 g/mol. The van der Waals surface area contributed by atoms with Crippen LogP contribution in [0.2, 0.25) is 0 Å². The highest BCUT2D eigenvalue weighted by atomic mass is 16.5. The van der Waals surface area contributed by atoms with Gasteiger partial charge in [-0.15, -0.1) is 0 Å². The first-order valence-electron chi connectivity index (χ1n) is 17.3. The van der Waals surface area contributed by atoms with Crippen molar-refractivity contribution < 1.29 is 9.53 Å². The van der Waals surface area contributed by atoms with E-state index in [0.717, 1.165) is 58.2 Å². The standard InChI is InChI=1S/C36H64N2O2/c1-3-5-7-9-11-12-13-15-16-21-25-34(40-35(39)26-22-17-14-10-8-6-4-2)31-38-29-27-36(32-37,28-30-38)33-23-19-18-20-24-33/h18-20,23-24,34H,3-17,21-22,25-32,37H2,1-2H3. The molecule has 0 aliphatic carbocycles. The summed E-state index contributed by atoms with van der Waals surface area (Å²) in [6.45, 7) is 8.15. The third-order valence-corrected chi connectivity index (χ3v) is 9.21. The average molecular weight is 557 g/mol. The summed E-state index contributed by atoms with van der Waals surface area (Å²) in [5, 5.41) is 0. The number of carbonyl (C=O) groups excluding carboxylic acids is 1. The smallest absolute Gasteiger partial charge is 0.306 e. The Morgan fingerprint density at radius 3 is 1.80 bits per heavy atom. The van der Waals surface area contributed by atoms with Gasteiger partial charge in [-0.25, -0.2) is 0 Å². The Labute approximate surface area is 248 Å². The van der Waals surface area contributed by atoms with Crippen molar-refractivity contribution in [3.63, 3.8) is 0 Å².